The quantitative estimate of drug-likeness (QED) is 0.778. The number of nitrogens with two attached hydrogens (primary N) is 1. The Morgan fingerprint density at radius 2 is 1.79 bits per heavy atom. The molecule has 0 radical (unpaired) electrons. The Morgan fingerprint density at radius 3 is 2.53 bits per heavy atom. The van der Waals surface area contributed by atoms with Crippen LogP contribution in [0.2, 0.25) is 0 Å². The van der Waals surface area contributed by atoms with E-state index in [1.54, 1.807) is 0 Å². The summed E-state index contributed by atoms with van der Waals surface area (Å²) in [4.78, 5) is 4.69. The Balaban J connectivity index is 2.00. The van der Waals surface area contributed by atoms with E-state index in [1.807, 2.05) is 12.1 Å². The summed E-state index contributed by atoms with van der Waals surface area (Å²) in [5.41, 5.74) is 8.95. The lowest BCUT2D eigenvalue weighted by Crippen LogP contribution is -2.12. The number of nitrogen functional groups attached to an aromatic ring is 1. The van der Waals surface area contributed by atoms with Crippen molar-refractivity contribution in [1.82, 2.24) is 9.55 Å². The Morgan fingerprint density at radius 1 is 1.11 bits per heavy atom. The second-order valence-electron chi connectivity index (χ2n) is 5.78. The van der Waals surface area contributed by atoms with Crippen LogP contribution < -0.4 is 5.73 Å². The fraction of sp³-hybridized carbons (Fsp3) is 0.562. The molecule has 3 heteroatoms. The molecule has 1 aromatic heterocycles. The lowest BCUT2D eigenvalue weighted by molar-refractivity contribution is 0.373. The van der Waals surface area contributed by atoms with Gasteiger partial charge in [0.1, 0.15) is 5.82 Å². The van der Waals surface area contributed by atoms with Gasteiger partial charge in [0.2, 0.25) is 0 Å². The van der Waals surface area contributed by atoms with Crippen LogP contribution in [0.5, 0.6) is 0 Å². The highest BCUT2D eigenvalue weighted by molar-refractivity contribution is 5.79. The predicted molar refractivity (Wildman–Crippen MR) is 80.2 cm³/mol. The molecule has 0 unspecified atom stereocenters. The first kappa shape index (κ1) is 12.5. The topological polar surface area (TPSA) is 43.8 Å². The Kier molecular flexibility index (Phi) is 3.45. The van der Waals surface area contributed by atoms with Gasteiger partial charge in [-0.1, -0.05) is 32.1 Å². The minimum absolute atomic E-state index is 0.619. The van der Waals surface area contributed by atoms with Gasteiger partial charge in [-0.15, -0.1) is 0 Å². The molecule has 1 fully saturated rings. The number of hydrogen-bond donors (Lipinski definition) is 1. The highest BCUT2D eigenvalue weighted by Gasteiger charge is 2.18. The van der Waals surface area contributed by atoms with Crippen LogP contribution in [0, 0.1) is 6.92 Å². The largest absolute Gasteiger partial charge is 0.399 e. The minimum atomic E-state index is 0.619. The molecule has 0 saturated heterocycles. The van der Waals surface area contributed by atoms with Crippen molar-refractivity contribution >= 4 is 16.7 Å². The third-order valence-corrected chi connectivity index (χ3v) is 4.33. The highest BCUT2D eigenvalue weighted by Crippen LogP contribution is 2.31. The summed E-state index contributed by atoms with van der Waals surface area (Å²) < 4.78 is 2.44. The van der Waals surface area contributed by atoms with Crippen LogP contribution in [-0.4, -0.2) is 9.55 Å². The molecule has 0 aliphatic heterocycles. The van der Waals surface area contributed by atoms with E-state index in [4.69, 9.17) is 5.73 Å². The zero-order valence-corrected chi connectivity index (χ0v) is 11.7. The fourth-order valence-corrected chi connectivity index (χ4v) is 3.39. The Bertz CT molecular complexity index is 563. The van der Waals surface area contributed by atoms with Crippen molar-refractivity contribution in [1.29, 1.82) is 0 Å². The first-order valence-corrected chi connectivity index (χ1v) is 7.50. The zero-order valence-electron chi connectivity index (χ0n) is 11.7. The predicted octanol–water partition coefficient (Wildman–Crippen LogP) is 4.21. The molecule has 0 spiro atoms. The van der Waals surface area contributed by atoms with Crippen molar-refractivity contribution in [2.45, 2.75) is 57.9 Å². The van der Waals surface area contributed by atoms with E-state index in [0.717, 1.165) is 17.0 Å². The molecule has 1 aromatic carbocycles. The van der Waals surface area contributed by atoms with Gasteiger partial charge in [-0.25, -0.2) is 4.98 Å². The SMILES string of the molecule is Cc1nc2cc(N)ccc2n1C1CCCCCCC1. The van der Waals surface area contributed by atoms with E-state index >= 15 is 0 Å². The van der Waals surface area contributed by atoms with Gasteiger partial charge in [-0.2, -0.15) is 0 Å². The van der Waals surface area contributed by atoms with Crippen molar-refractivity contribution in [3.8, 4) is 0 Å². The first-order valence-electron chi connectivity index (χ1n) is 7.50. The number of aryl methyl sites for hydroxylation is 1. The summed E-state index contributed by atoms with van der Waals surface area (Å²) in [6.45, 7) is 2.12. The van der Waals surface area contributed by atoms with Gasteiger partial charge < -0.3 is 10.3 Å². The van der Waals surface area contributed by atoms with Crippen LogP contribution in [0.1, 0.15) is 56.8 Å². The summed E-state index contributed by atoms with van der Waals surface area (Å²) in [6, 6.07) is 6.72. The molecular formula is C16H23N3. The van der Waals surface area contributed by atoms with E-state index < -0.39 is 0 Å². The van der Waals surface area contributed by atoms with Crippen molar-refractivity contribution in [3.63, 3.8) is 0 Å². The average Bonchev–Trinajstić information content (AvgIpc) is 2.64. The molecule has 0 bridgehead atoms. The van der Waals surface area contributed by atoms with E-state index in [9.17, 15) is 0 Å². The molecule has 3 rings (SSSR count). The number of anilines is 1. The number of hydrogen-bond acceptors (Lipinski definition) is 2. The zero-order chi connectivity index (χ0) is 13.2. The minimum Gasteiger partial charge on any atom is -0.399 e. The summed E-state index contributed by atoms with van der Waals surface area (Å²) in [5.74, 6) is 1.13. The molecular weight excluding hydrogens is 234 g/mol. The summed E-state index contributed by atoms with van der Waals surface area (Å²) in [6.07, 6.45) is 9.45. The van der Waals surface area contributed by atoms with Gasteiger partial charge in [-0.3, -0.25) is 0 Å². The van der Waals surface area contributed by atoms with Crippen LogP contribution >= 0.6 is 0 Å². The number of nitrogens with zero attached hydrogens (tertiary/aromatic N) is 2. The molecule has 1 heterocycles. The van der Waals surface area contributed by atoms with Gasteiger partial charge in [0.05, 0.1) is 11.0 Å². The lowest BCUT2D eigenvalue weighted by atomic mass is 9.96. The number of rotatable bonds is 1. The molecule has 0 atom stereocenters. The first-order chi connectivity index (χ1) is 9.25. The molecule has 2 N–H and O–H groups in total. The second kappa shape index (κ2) is 5.24. The van der Waals surface area contributed by atoms with Crippen LogP contribution in [-0.2, 0) is 0 Å². The number of aromatic nitrogens is 2. The third-order valence-electron chi connectivity index (χ3n) is 4.33. The average molecular weight is 257 g/mol. The maximum Gasteiger partial charge on any atom is 0.106 e. The number of fused-ring (bicyclic) bond motifs is 1. The Labute approximate surface area is 114 Å². The van der Waals surface area contributed by atoms with E-state index in [-0.39, 0.29) is 0 Å². The molecule has 0 amide bonds. The summed E-state index contributed by atoms with van der Waals surface area (Å²) in [7, 11) is 0. The van der Waals surface area contributed by atoms with E-state index in [1.165, 1.54) is 50.5 Å². The van der Waals surface area contributed by atoms with Crippen LogP contribution in [0.25, 0.3) is 11.0 Å². The number of benzene rings is 1. The van der Waals surface area contributed by atoms with Crippen LogP contribution in [0.15, 0.2) is 18.2 Å². The monoisotopic (exact) mass is 257 g/mol. The smallest absolute Gasteiger partial charge is 0.106 e. The van der Waals surface area contributed by atoms with Crippen molar-refractivity contribution in [3.05, 3.63) is 24.0 Å². The van der Waals surface area contributed by atoms with E-state index in [0.29, 0.717) is 6.04 Å². The van der Waals surface area contributed by atoms with Gasteiger partial charge >= 0.3 is 0 Å². The molecule has 1 saturated carbocycles. The molecule has 1 aliphatic rings. The van der Waals surface area contributed by atoms with Crippen molar-refractivity contribution in [2.24, 2.45) is 0 Å². The molecule has 19 heavy (non-hydrogen) atoms. The van der Waals surface area contributed by atoms with Crippen LogP contribution in [0.4, 0.5) is 5.69 Å². The molecule has 3 nitrogen and oxygen atoms in total. The van der Waals surface area contributed by atoms with Gasteiger partial charge in [-0.05, 0) is 38.0 Å². The maximum atomic E-state index is 5.86. The summed E-state index contributed by atoms with van der Waals surface area (Å²) in [5, 5.41) is 0. The third kappa shape index (κ3) is 2.46. The molecule has 1 aliphatic carbocycles. The van der Waals surface area contributed by atoms with Gasteiger partial charge in [0.15, 0.2) is 0 Å². The van der Waals surface area contributed by atoms with Crippen LogP contribution in [0.3, 0.4) is 0 Å². The normalized spacial score (nSPS) is 18.4. The second-order valence-corrected chi connectivity index (χ2v) is 5.78. The van der Waals surface area contributed by atoms with Gasteiger partial charge in [0, 0.05) is 11.7 Å². The molecule has 102 valence electrons. The Hall–Kier alpha value is -1.51. The summed E-state index contributed by atoms with van der Waals surface area (Å²) >= 11 is 0. The number of imidazole rings is 1. The highest BCUT2D eigenvalue weighted by atomic mass is 15.1. The molecule has 2 aromatic rings. The standard InChI is InChI=1S/C16H23N3/c1-12-18-15-11-13(17)9-10-16(15)19(12)14-7-5-3-2-4-6-8-14/h9-11,14H,2-8,17H2,1H3. The van der Waals surface area contributed by atoms with Gasteiger partial charge in [0.25, 0.3) is 0 Å². The fourth-order valence-electron chi connectivity index (χ4n) is 3.39. The maximum absolute atomic E-state index is 5.86. The van der Waals surface area contributed by atoms with E-state index in [2.05, 4.69) is 22.5 Å². The van der Waals surface area contributed by atoms with Crippen molar-refractivity contribution < 1.29 is 0 Å². The lowest BCUT2D eigenvalue weighted by Gasteiger charge is -2.23. The van der Waals surface area contributed by atoms with Crippen molar-refractivity contribution in [2.75, 3.05) is 5.73 Å².